The van der Waals surface area contributed by atoms with E-state index < -0.39 is 5.60 Å². The average Bonchev–Trinajstić information content (AvgIpc) is 3.21. The van der Waals surface area contributed by atoms with Gasteiger partial charge in [-0.05, 0) is 76.3 Å². The molecule has 0 amide bonds. The standard InChI is InChI=1S/C25H30N2O.C4H10O.C2H4O2.C2H4/c1-5-21-18(4)24-25-22(23(21)20-8-6-16(2)7-9-20)12-17(3)27(25)11-10-26(24)13-19-14-28-15-19;1-4(2,3)5;1-4-2-3;1-2/h6-9,12,19H,5,10-11,13-15H2,1-4H3;5H,1-3H3;2H,1H3;1-2H2. The van der Waals surface area contributed by atoms with Crippen molar-refractivity contribution in [3.05, 3.63) is 65.9 Å². The number of carbonyl (C=O) groups is 1. The van der Waals surface area contributed by atoms with E-state index in [-0.39, 0.29) is 0 Å². The van der Waals surface area contributed by atoms with Crippen LogP contribution in [-0.4, -0.2) is 55.2 Å². The van der Waals surface area contributed by atoms with Crippen molar-refractivity contribution in [1.82, 2.24) is 4.57 Å². The van der Waals surface area contributed by atoms with Gasteiger partial charge in [0.2, 0.25) is 0 Å². The first kappa shape index (κ1) is 32.1. The Morgan fingerprint density at radius 3 is 2.13 bits per heavy atom. The molecule has 2 aromatic carbocycles. The minimum absolute atomic E-state index is 0.375. The zero-order chi connectivity index (χ0) is 29.3. The van der Waals surface area contributed by atoms with Crippen molar-refractivity contribution in [2.24, 2.45) is 5.92 Å². The molecule has 1 fully saturated rings. The maximum atomic E-state index is 8.95. The summed E-state index contributed by atoms with van der Waals surface area (Å²) in [6.45, 7) is 25.8. The smallest absolute Gasteiger partial charge is 0.292 e. The van der Waals surface area contributed by atoms with Crippen LogP contribution in [-0.2, 0) is 27.2 Å². The topological polar surface area (TPSA) is 63.9 Å². The molecule has 0 saturated carbocycles. The number of nitrogens with zero attached hydrogens (tertiary/aromatic N) is 2. The summed E-state index contributed by atoms with van der Waals surface area (Å²) in [5.41, 5.74) is 10.8. The van der Waals surface area contributed by atoms with Gasteiger partial charge in [0.1, 0.15) is 0 Å². The van der Waals surface area contributed by atoms with E-state index >= 15 is 0 Å². The Morgan fingerprint density at radius 1 is 1.10 bits per heavy atom. The zero-order valence-corrected chi connectivity index (χ0v) is 25.3. The molecule has 0 atom stereocenters. The van der Waals surface area contributed by atoms with Crippen molar-refractivity contribution in [1.29, 1.82) is 0 Å². The quantitative estimate of drug-likeness (QED) is 0.293. The van der Waals surface area contributed by atoms with Gasteiger partial charge in [-0.2, -0.15) is 0 Å². The fourth-order valence-electron chi connectivity index (χ4n) is 5.18. The number of ether oxygens (including phenoxy) is 2. The third kappa shape index (κ3) is 7.96. The van der Waals surface area contributed by atoms with Gasteiger partial charge in [-0.1, -0.05) is 36.8 Å². The molecule has 3 aromatic rings. The molecule has 6 nitrogen and oxygen atoms in total. The van der Waals surface area contributed by atoms with Gasteiger partial charge in [0.25, 0.3) is 6.47 Å². The molecule has 5 rings (SSSR count). The maximum Gasteiger partial charge on any atom is 0.292 e. The first-order valence-corrected chi connectivity index (χ1v) is 13.7. The number of rotatable bonds is 5. The SMILES string of the molecule is C=C.CC(C)(C)O.CCc1c(C)c2c3c(cc(C)n3CCN2CC2COC2)c1-c1ccc(C)cc1.COC=O. The fraction of sp³-hybridized carbons (Fsp3) is 0.485. The summed E-state index contributed by atoms with van der Waals surface area (Å²) in [7, 11) is 1.31. The monoisotopic (exact) mass is 536 g/mol. The normalized spacial score (nSPS) is 14.1. The second-order valence-corrected chi connectivity index (χ2v) is 11.1. The number of anilines is 1. The summed E-state index contributed by atoms with van der Waals surface area (Å²) in [6, 6.07) is 11.5. The number of carbonyl (C=O) groups excluding carboxylic acids is 1. The highest BCUT2D eigenvalue weighted by Gasteiger charge is 2.30. The molecule has 0 bridgehead atoms. The minimum Gasteiger partial charge on any atom is -0.471 e. The molecule has 0 spiro atoms. The molecule has 2 aliphatic rings. The highest BCUT2D eigenvalue weighted by Crippen LogP contribution is 2.45. The third-order valence-corrected chi connectivity index (χ3v) is 6.79. The lowest BCUT2D eigenvalue weighted by Crippen LogP contribution is -2.42. The molecule has 6 heteroatoms. The van der Waals surface area contributed by atoms with Gasteiger partial charge in [0.05, 0.1) is 37.1 Å². The van der Waals surface area contributed by atoms with Crippen molar-refractivity contribution in [3.63, 3.8) is 0 Å². The van der Waals surface area contributed by atoms with E-state index in [4.69, 9.17) is 14.6 Å². The first-order valence-electron chi connectivity index (χ1n) is 13.7. The number of aliphatic hydroxyl groups is 1. The second kappa shape index (κ2) is 14.3. The van der Waals surface area contributed by atoms with Crippen molar-refractivity contribution in [3.8, 4) is 11.1 Å². The van der Waals surface area contributed by atoms with Crippen molar-refractivity contribution < 1.29 is 19.4 Å². The maximum absolute atomic E-state index is 8.95. The summed E-state index contributed by atoms with van der Waals surface area (Å²) < 4.78 is 11.9. The molecule has 214 valence electrons. The van der Waals surface area contributed by atoms with Gasteiger partial charge in [-0.3, -0.25) is 4.79 Å². The Hall–Kier alpha value is -3.09. The van der Waals surface area contributed by atoms with Gasteiger partial charge >= 0.3 is 0 Å². The Balaban J connectivity index is 0.000000419. The van der Waals surface area contributed by atoms with Crippen LogP contribution in [0.4, 0.5) is 5.69 Å². The molecule has 1 aromatic heterocycles. The molecule has 0 aliphatic carbocycles. The number of aromatic nitrogens is 1. The van der Waals surface area contributed by atoms with Crippen LogP contribution in [0.25, 0.3) is 22.0 Å². The second-order valence-electron chi connectivity index (χ2n) is 11.1. The zero-order valence-electron chi connectivity index (χ0n) is 25.3. The van der Waals surface area contributed by atoms with E-state index in [0.717, 1.165) is 39.3 Å². The molecule has 1 saturated heterocycles. The molecule has 0 unspecified atom stereocenters. The van der Waals surface area contributed by atoms with Gasteiger partial charge in [-0.15, -0.1) is 13.2 Å². The third-order valence-electron chi connectivity index (χ3n) is 6.79. The van der Waals surface area contributed by atoms with Crippen LogP contribution in [0.2, 0.25) is 0 Å². The van der Waals surface area contributed by atoms with Crippen LogP contribution in [0.5, 0.6) is 0 Å². The lowest BCUT2D eigenvalue weighted by atomic mass is 9.88. The molecule has 1 N–H and O–H groups in total. The minimum atomic E-state index is -0.500. The van der Waals surface area contributed by atoms with E-state index in [0.29, 0.717) is 12.4 Å². The lowest BCUT2D eigenvalue weighted by molar-refractivity contribution is -0.126. The summed E-state index contributed by atoms with van der Waals surface area (Å²) in [5.74, 6) is 0.680. The summed E-state index contributed by atoms with van der Waals surface area (Å²) in [5, 5.41) is 9.95. The summed E-state index contributed by atoms with van der Waals surface area (Å²) >= 11 is 0. The van der Waals surface area contributed by atoms with Crippen molar-refractivity contribution in [2.45, 2.75) is 67.0 Å². The van der Waals surface area contributed by atoms with Gasteiger partial charge in [0.15, 0.2) is 0 Å². The molecular formula is C33H48N2O4. The molecule has 3 heterocycles. The Labute approximate surface area is 235 Å². The van der Waals surface area contributed by atoms with Crippen LogP contribution in [0, 0.1) is 26.7 Å². The number of benzene rings is 2. The fourth-order valence-corrected chi connectivity index (χ4v) is 5.18. The highest BCUT2D eigenvalue weighted by atomic mass is 16.5. The van der Waals surface area contributed by atoms with Gasteiger partial charge < -0.3 is 24.0 Å². The van der Waals surface area contributed by atoms with Crippen LogP contribution in [0.15, 0.2) is 43.5 Å². The molecule has 2 aliphatic heterocycles. The van der Waals surface area contributed by atoms with Crippen LogP contribution < -0.4 is 4.90 Å². The van der Waals surface area contributed by atoms with Crippen molar-refractivity contribution >= 4 is 23.1 Å². The Morgan fingerprint density at radius 2 is 1.67 bits per heavy atom. The summed E-state index contributed by atoms with van der Waals surface area (Å²) in [4.78, 5) is 11.6. The predicted molar refractivity (Wildman–Crippen MR) is 164 cm³/mol. The van der Waals surface area contributed by atoms with Crippen LogP contribution in [0.1, 0.15) is 50.1 Å². The van der Waals surface area contributed by atoms with E-state index in [1.165, 1.54) is 57.2 Å². The van der Waals surface area contributed by atoms with E-state index in [1.807, 2.05) is 0 Å². The number of hydrogen-bond donors (Lipinski definition) is 1. The molecular weight excluding hydrogens is 488 g/mol. The van der Waals surface area contributed by atoms with Crippen LogP contribution >= 0.6 is 0 Å². The largest absolute Gasteiger partial charge is 0.471 e. The lowest BCUT2D eigenvalue weighted by Gasteiger charge is -2.38. The Bertz CT molecular complexity index is 1210. The highest BCUT2D eigenvalue weighted by molar-refractivity contribution is 6.06. The van der Waals surface area contributed by atoms with Gasteiger partial charge in [0, 0.05) is 36.6 Å². The van der Waals surface area contributed by atoms with E-state index in [9.17, 15) is 0 Å². The number of methoxy groups -OCH3 is 1. The molecule has 0 radical (unpaired) electrons. The van der Waals surface area contributed by atoms with Gasteiger partial charge in [-0.25, -0.2) is 0 Å². The number of aryl methyl sites for hydroxylation is 2. The van der Waals surface area contributed by atoms with E-state index in [2.05, 4.69) is 85.4 Å². The van der Waals surface area contributed by atoms with Crippen molar-refractivity contribution in [2.75, 3.05) is 38.3 Å². The predicted octanol–water partition coefficient (Wildman–Crippen LogP) is 6.63. The molecule has 39 heavy (non-hydrogen) atoms. The first-order chi connectivity index (χ1) is 18.5. The summed E-state index contributed by atoms with van der Waals surface area (Å²) in [6.07, 6.45) is 1.06. The van der Waals surface area contributed by atoms with Crippen LogP contribution in [0.3, 0.4) is 0 Å². The Kier molecular flexibility index (Phi) is 11.8. The average molecular weight is 537 g/mol. The number of hydrogen-bond acceptors (Lipinski definition) is 5. The van der Waals surface area contributed by atoms with E-state index in [1.54, 1.807) is 20.8 Å².